The highest BCUT2D eigenvalue weighted by molar-refractivity contribution is 5.52. The fraction of sp³-hybridized carbons (Fsp3) is 0.333. The van der Waals surface area contributed by atoms with Gasteiger partial charge in [-0.25, -0.2) is 0 Å². The molecule has 0 aliphatic carbocycles. The average molecular weight is 217 g/mol. The Kier molecular flexibility index (Phi) is 3.31. The summed E-state index contributed by atoms with van der Waals surface area (Å²) in [7, 11) is 0. The fourth-order valence-electron chi connectivity index (χ4n) is 1.56. The lowest BCUT2D eigenvalue weighted by Gasteiger charge is -1.99. The van der Waals surface area contributed by atoms with Crippen molar-refractivity contribution in [2.75, 3.05) is 0 Å². The van der Waals surface area contributed by atoms with Crippen LogP contribution in [0.2, 0.25) is 0 Å². The van der Waals surface area contributed by atoms with E-state index in [4.69, 9.17) is 10.2 Å². The third-order valence-corrected chi connectivity index (χ3v) is 2.38. The summed E-state index contributed by atoms with van der Waals surface area (Å²) in [4.78, 5) is 0. The molecule has 1 aromatic carbocycles. The van der Waals surface area contributed by atoms with Crippen molar-refractivity contribution in [3.8, 4) is 11.5 Å². The van der Waals surface area contributed by atoms with Crippen molar-refractivity contribution >= 4 is 0 Å². The molecular weight excluding hydrogens is 202 g/mol. The van der Waals surface area contributed by atoms with Gasteiger partial charge in [-0.2, -0.15) is 0 Å². The predicted molar refractivity (Wildman–Crippen MR) is 61.6 cm³/mol. The summed E-state index contributed by atoms with van der Waals surface area (Å²) in [6.45, 7) is 2.44. The topological polar surface area (TPSA) is 64.9 Å². The molecule has 0 saturated heterocycles. The number of aromatic nitrogens is 2. The molecule has 4 nitrogen and oxygen atoms in total. The summed E-state index contributed by atoms with van der Waals surface area (Å²) >= 11 is 0. The first-order chi connectivity index (χ1) is 7.83. The van der Waals surface area contributed by atoms with Gasteiger partial charge in [0.1, 0.15) is 0 Å². The average Bonchev–Trinajstić information content (AvgIpc) is 2.79. The number of aryl methyl sites for hydroxylation is 1. The monoisotopic (exact) mass is 217 g/mol. The summed E-state index contributed by atoms with van der Waals surface area (Å²) in [5, 5.41) is 7.76. The van der Waals surface area contributed by atoms with Crippen LogP contribution in [-0.2, 0) is 13.0 Å². The van der Waals surface area contributed by atoms with E-state index in [1.165, 1.54) is 5.56 Å². The summed E-state index contributed by atoms with van der Waals surface area (Å²) in [5.74, 6) is 0.996. The van der Waals surface area contributed by atoms with Crippen LogP contribution in [0.4, 0.5) is 0 Å². The highest BCUT2D eigenvalue weighted by atomic mass is 16.4. The highest BCUT2D eigenvalue weighted by Crippen LogP contribution is 2.18. The molecule has 1 aromatic heterocycles. The zero-order valence-corrected chi connectivity index (χ0v) is 9.31. The molecule has 16 heavy (non-hydrogen) atoms. The van der Waals surface area contributed by atoms with Crippen LogP contribution in [0, 0.1) is 0 Å². The van der Waals surface area contributed by atoms with Crippen LogP contribution >= 0.6 is 0 Å². The second-order valence-electron chi connectivity index (χ2n) is 3.65. The van der Waals surface area contributed by atoms with Crippen LogP contribution in [-0.4, -0.2) is 10.2 Å². The van der Waals surface area contributed by atoms with Gasteiger partial charge in [-0.15, -0.1) is 10.2 Å². The van der Waals surface area contributed by atoms with E-state index in [1.807, 2.05) is 12.1 Å². The third-order valence-electron chi connectivity index (χ3n) is 2.38. The summed E-state index contributed by atoms with van der Waals surface area (Å²) in [6.07, 6.45) is 2.25. The van der Waals surface area contributed by atoms with Crippen LogP contribution in [0.3, 0.4) is 0 Å². The SMILES string of the molecule is CCCc1ccc(-c2nnc(CN)o2)cc1. The van der Waals surface area contributed by atoms with E-state index in [-0.39, 0.29) is 6.54 Å². The second kappa shape index (κ2) is 4.90. The van der Waals surface area contributed by atoms with Crippen molar-refractivity contribution in [2.45, 2.75) is 26.3 Å². The first kappa shape index (κ1) is 10.8. The summed E-state index contributed by atoms with van der Waals surface area (Å²) < 4.78 is 5.37. The van der Waals surface area contributed by atoms with Gasteiger partial charge in [0.25, 0.3) is 0 Å². The molecule has 0 fully saturated rings. The second-order valence-corrected chi connectivity index (χ2v) is 3.65. The number of hydrogen-bond acceptors (Lipinski definition) is 4. The van der Waals surface area contributed by atoms with Crippen molar-refractivity contribution in [1.82, 2.24) is 10.2 Å². The number of nitrogens with zero attached hydrogens (tertiary/aromatic N) is 2. The molecule has 2 N–H and O–H groups in total. The number of rotatable bonds is 4. The Hall–Kier alpha value is -1.68. The van der Waals surface area contributed by atoms with E-state index < -0.39 is 0 Å². The maximum Gasteiger partial charge on any atom is 0.247 e. The van der Waals surface area contributed by atoms with Gasteiger partial charge in [0, 0.05) is 5.56 Å². The Morgan fingerprint density at radius 3 is 2.50 bits per heavy atom. The Morgan fingerprint density at radius 1 is 1.19 bits per heavy atom. The maximum absolute atomic E-state index is 5.41. The van der Waals surface area contributed by atoms with Crippen LogP contribution in [0.25, 0.3) is 11.5 Å². The Bertz CT molecular complexity index is 448. The van der Waals surface area contributed by atoms with E-state index in [1.54, 1.807) is 0 Å². The molecule has 4 heteroatoms. The molecule has 84 valence electrons. The van der Waals surface area contributed by atoms with Crippen molar-refractivity contribution in [2.24, 2.45) is 5.73 Å². The number of nitrogens with two attached hydrogens (primary N) is 1. The zero-order chi connectivity index (χ0) is 11.4. The highest BCUT2D eigenvalue weighted by Gasteiger charge is 2.06. The van der Waals surface area contributed by atoms with Crippen molar-refractivity contribution in [3.63, 3.8) is 0 Å². The standard InChI is InChI=1S/C12H15N3O/c1-2-3-9-4-6-10(7-5-9)12-15-14-11(8-13)16-12/h4-7H,2-3,8,13H2,1H3. The number of benzene rings is 1. The molecule has 0 bridgehead atoms. The van der Waals surface area contributed by atoms with Gasteiger partial charge < -0.3 is 10.2 Å². The molecule has 0 aliphatic rings. The van der Waals surface area contributed by atoms with Gasteiger partial charge in [0.05, 0.1) is 6.54 Å². The van der Waals surface area contributed by atoms with Crippen LogP contribution in [0.15, 0.2) is 28.7 Å². The van der Waals surface area contributed by atoms with Crippen molar-refractivity contribution in [1.29, 1.82) is 0 Å². The molecular formula is C12H15N3O. The number of hydrogen-bond donors (Lipinski definition) is 1. The van der Waals surface area contributed by atoms with Gasteiger partial charge in [0.2, 0.25) is 11.8 Å². The Labute approximate surface area is 94.5 Å². The zero-order valence-electron chi connectivity index (χ0n) is 9.31. The van der Waals surface area contributed by atoms with Crippen LogP contribution < -0.4 is 5.73 Å². The quantitative estimate of drug-likeness (QED) is 0.852. The smallest absolute Gasteiger partial charge is 0.247 e. The molecule has 0 spiro atoms. The van der Waals surface area contributed by atoms with E-state index in [9.17, 15) is 0 Å². The van der Waals surface area contributed by atoms with Crippen LogP contribution in [0.1, 0.15) is 24.8 Å². The lowest BCUT2D eigenvalue weighted by molar-refractivity contribution is 0.508. The van der Waals surface area contributed by atoms with Crippen molar-refractivity contribution < 1.29 is 4.42 Å². The van der Waals surface area contributed by atoms with Gasteiger partial charge in [-0.05, 0) is 24.1 Å². The minimum absolute atomic E-state index is 0.279. The summed E-state index contributed by atoms with van der Waals surface area (Å²) in [6, 6.07) is 8.17. The molecule has 2 rings (SSSR count). The van der Waals surface area contributed by atoms with E-state index >= 15 is 0 Å². The molecule has 0 amide bonds. The molecule has 0 saturated carbocycles. The van der Waals surface area contributed by atoms with Crippen molar-refractivity contribution in [3.05, 3.63) is 35.7 Å². The van der Waals surface area contributed by atoms with Gasteiger partial charge in [-0.1, -0.05) is 25.5 Å². The Balaban J connectivity index is 2.20. The normalized spacial score (nSPS) is 10.6. The van der Waals surface area contributed by atoms with Gasteiger partial charge >= 0.3 is 0 Å². The van der Waals surface area contributed by atoms with Gasteiger partial charge in [0.15, 0.2) is 0 Å². The Morgan fingerprint density at radius 2 is 1.94 bits per heavy atom. The fourth-order valence-corrected chi connectivity index (χ4v) is 1.56. The first-order valence-electron chi connectivity index (χ1n) is 5.45. The molecule has 0 aliphatic heterocycles. The van der Waals surface area contributed by atoms with E-state index in [0.29, 0.717) is 11.8 Å². The molecule has 0 radical (unpaired) electrons. The minimum Gasteiger partial charge on any atom is -0.419 e. The molecule has 1 heterocycles. The first-order valence-corrected chi connectivity index (χ1v) is 5.45. The van der Waals surface area contributed by atoms with Crippen LogP contribution in [0.5, 0.6) is 0 Å². The van der Waals surface area contributed by atoms with E-state index in [2.05, 4.69) is 29.3 Å². The maximum atomic E-state index is 5.41. The largest absolute Gasteiger partial charge is 0.419 e. The third kappa shape index (κ3) is 2.28. The van der Waals surface area contributed by atoms with E-state index in [0.717, 1.165) is 18.4 Å². The predicted octanol–water partition coefficient (Wildman–Crippen LogP) is 2.15. The molecule has 0 atom stereocenters. The lowest BCUT2D eigenvalue weighted by Crippen LogP contribution is -1.95. The summed E-state index contributed by atoms with van der Waals surface area (Å²) in [5.41, 5.74) is 7.67. The lowest BCUT2D eigenvalue weighted by atomic mass is 10.1. The molecule has 2 aromatic rings. The minimum atomic E-state index is 0.279. The molecule has 0 unspecified atom stereocenters. The van der Waals surface area contributed by atoms with Gasteiger partial charge in [-0.3, -0.25) is 0 Å².